The van der Waals surface area contributed by atoms with Crippen molar-refractivity contribution >= 4 is 0 Å². The summed E-state index contributed by atoms with van der Waals surface area (Å²) in [4.78, 5) is 0. The Balaban J connectivity index is 2.00. The van der Waals surface area contributed by atoms with Crippen LogP contribution in [0.25, 0.3) is 0 Å². The number of unbranched alkanes of at least 4 members (excludes halogenated alkanes) is 3. The zero-order valence-electron chi connectivity index (χ0n) is 12.3. The van der Waals surface area contributed by atoms with Crippen LogP contribution in [0.4, 0.5) is 0 Å². The first-order chi connectivity index (χ1) is 9.66. The standard InChI is InChI=1S/C15H28O5/c1-2-3-4-5-6-7-8-9-19-10-13(17)15-14(18)12(16)11-20-15/h5-6,12-18H,2-4,7-11H2,1H3/b6-5+/t12-,13+,14-,15-/m0/s1. The molecule has 1 aliphatic heterocycles. The molecule has 0 aromatic rings. The average molecular weight is 288 g/mol. The molecule has 0 spiro atoms. The van der Waals surface area contributed by atoms with E-state index in [0.717, 1.165) is 19.3 Å². The summed E-state index contributed by atoms with van der Waals surface area (Å²) in [6.07, 6.45) is 6.23. The number of rotatable bonds is 10. The van der Waals surface area contributed by atoms with Crippen molar-refractivity contribution in [1.29, 1.82) is 0 Å². The number of hydrogen-bond donors (Lipinski definition) is 3. The second-order valence-corrected chi connectivity index (χ2v) is 5.25. The third-order valence-corrected chi connectivity index (χ3v) is 3.41. The second kappa shape index (κ2) is 10.3. The molecule has 20 heavy (non-hydrogen) atoms. The van der Waals surface area contributed by atoms with Gasteiger partial charge in [0.1, 0.15) is 24.4 Å². The molecule has 1 aliphatic rings. The predicted molar refractivity (Wildman–Crippen MR) is 76.5 cm³/mol. The molecule has 1 heterocycles. The van der Waals surface area contributed by atoms with E-state index in [2.05, 4.69) is 19.1 Å². The molecule has 4 atom stereocenters. The lowest BCUT2D eigenvalue weighted by Crippen LogP contribution is -2.40. The van der Waals surface area contributed by atoms with E-state index in [9.17, 15) is 15.3 Å². The molecule has 5 heteroatoms. The Hall–Kier alpha value is -0.460. The van der Waals surface area contributed by atoms with Crippen LogP contribution < -0.4 is 0 Å². The van der Waals surface area contributed by atoms with Gasteiger partial charge in [-0.25, -0.2) is 0 Å². The van der Waals surface area contributed by atoms with Crippen molar-refractivity contribution in [1.82, 2.24) is 0 Å². The quantitative estimate of drug-likeness (QED) is 0.413. The van der Waals surface area contributed by atoms with Crippen LogP contribution in [0, 0.1) is 0 Å². The van der Waals surface area contributed by atoms with Crippen LogP contribution in [-0.2, 0) is 9.47 Å². The van der Waals surface area contributed by atoms with Crippen LogP contribution in [0.1, 0.15) is 39.0 Å². The first kappa shape index (κ1) is 17.6. The average Bonchev–Trinajstić information content (AvgIpc) is 2.77. The lowest BCUT2D eigenvalue weighted by molar-refractivity contribution is -0.0811. The summed E-state index contributed by atoms with van der Waals surface area (Å²) in [5, 5.41) is 28.7. The van der Waals surface area contributed by atoms with Gasteiger partial charge in [0.25, 0.3) is 0 Å². The first-order valence-corrected chi connectivity index (χ1v) is 7.55. The maximum atomic E-state index is 9.80. The fourth-order valence-corrected chi connectivity index (χ4v) is 2.12. The van der Waals surface area contributed by atoms with Crippen molar-refractivity contribution in [2.75, 3.05) is 19.8 Å². The summed E-state index contributed by atoms with van der Waals surface area (Å²) in [5.41, 5.74) is 0. The minimum Gasteiger partial charge on any atom is -0.388 e. The maximum absolute atomic E-state index is 9.80. The van der Waals surface area contributed by atoms with E-state index >= 15 is 0 Å². The number of ether oxygens (including phenoxy) is 2. The van der Waals surface area contributed by atoms with Gasteiger partial charge in [0.05, 0.1) is 13.2 Å². The third kappa shape index (κ3) is 6.33. The van der Waals surface area contributed by atoms with Gasteiger partial charge >= 0.3 is 0 Å². The van der Waals surface area contributed by atoms with Gasteiger partial charge in [-0.2, -0.15) is 0 Å². The normalized spacial score (nSPS) is 28.3. The third-order valence-electron chi connectivity index (χ3n) is 3.41. The molecule has 5 nitrogen and oxygen atoms in total. The van der Waals surface area contributed by atoms with Crippen molar-refractivity contribution < 1.29 is 24.8 Å². The number of aliphatic hydroxyl groups excluding tert-OH is 3. The summed E-state index contributed by atoms with van der Waals surface area (Å²) in [6, 6.07) is 0. The molecular formula is C15H28O5. The van der Waals surface area contributed by atoms with Crippen molar-refractivity contribution in [2.24, 2.45) is 0 Å². The summed E-state index contributed by atoms with van der Waals surface area (Å²) in [5.74, 6) is 0. The molecule has 1 rings (SSSR count). The Labute approximate surface area is 121 Å². The maximum Gasteiger partial charge on any atom is 0.114 e. The van der Waals surface area contributed by atoms with Gasteiger partial charge in [0, 0.05) is 6.61 Å². The fraction of sp³-hybridized carbons (Fsp3) is 0.867. The molecule has 3 N–H and O–H groups in total. The van der Waals surface area contributed by atoms with Gasteiger partial charge in [-0.1, -0.05) is 31.9 Å². The molecule has 0 aliphatic carbocycles. The Morgan fingerprint density at radius 1 is 1.25 bits per heavy atom. The Kier molecular flexibility index (Phi) is 9.05. The molecule has 0 bridgehead atoms. The predicted octanol–water partition coefficient (Wildman–Crippen LogP) is 1.01. The molecule has 0 amide bonds. The van der Waals surface area contributed by atoms with Gasteiger partial charge in [-0.3, -0.25) is 0 Å². The summed E-state index contributed by atoms with van der Waals surface area (Å²) in [7, 11) is 0. The zero-order valence-corrected chi connectivity index (χ0v) is 12.3. The Morgan fingerprint density at radius 3 is 2.55 bits per heavy atom. The largest absolute Gasteiger partial charge is 0.388 e. The molecule has 1 fully saturated rings. The first-order valence-electron chi connectivity index (χ1n) is 7.55. The summed E-state index contributed by atoms with van der Waals surface area (Å²) in [6.45, 7) is 2.93. The fourth-order valence-electron chi connectivity index (χ4n) is 2.12. The Morgan fingerprint density at radius 2 is 1.95 bits per heavy atom. The SMILES string of the molecule is CCCC/C=C/CCCOC[C@@H](O)[C@@H]1OC[C@H](O)[C@@H]1O. The summed E-state index contributed by atoms with van der Waals surface area (Å²) >= 11 is 0. The van der Waals surface area contributed by atoms with Crippen LogP contribution in [-0.4, -0.2) is 59.6 Å². The van der Waals surface area contributed by atoms with Crippen molar-refractivity contribution in [3.8, 4) is 0 Å². The highest BCUT2D eigenvalue weighted by Crippen LogP contribution is 2.17. The minimum atomic E-state index is -1.03. The molecule has 118 valence electrons. The molecular weight excluding hydrogens is 260 g/mol. The topological polar surface area (TPSA) is 79.2 Å². The van der Waals surface area contributed by atoms with Crippen LogP contribution >= 0.6 is 0 Å². The lowest BCUT2D eigenvalue weighted by atomic mass is 10.1. The minimum absolute atomic E-state index is 0.0610. The van der Waals surface area contributed by atoms with Gasteiger partial charge in [-0.15, -0.1) is 0 Å². The smallest absolute Gasteiger partial charge is 0.114 e. The van der Waals surface area contributed by atoms with Crippen LogP contribution in [0.2, 0.25) is 0 Å². The van der Waals surface area contributed by atoms with Crippen molar-refractivity contribution in [3.63, 3.8) is 0 Å². The van der Waals surface area contributed by atoms with Crippen LogP contribution in [0.3, 0.4) is 0 Å². The van der Waals surface area contributed by atoms with E-state index in [1.807, 2.05) is 0 Å². The van der Waals surface area contributed by atoms with Crippen LogP contribution in [0.15, 0.2) is 12.2 Å². The number of aliphatic hydroxyl groups is 3. The van der Waals surface area contributed by atoms with E-state index in [0.29, 0.717) is 6.61 Å². The number of allylic oxidation sites excluding steroid dienone is 2. The van der Waals surface area contributed by atoms with Crippen LogP contribution in [0.5, 0.6) is 0 Å². The van der Waals surface area contributed by atoms with Gasteiger partial charge < -0.3 is 24.8 Å². The molecule has 1 saturated heterocycles. The lowest BCUT2D eigenvalue weighted by Gasteiger charge is -2.20. The van der Waals surface area contributed by atoms with E-state index in [4.69, 9.17) is 9.47 Å². The van der Waals surface area contributed by atoms with E-state index < -0.39 is 24.4 Å². The Bertz CT molecular complexity index is 269. The van der Waals surface area contributed by atoms with Gasteiger partial charge in [-0.05, 0) is 19.3 Å². The van der Waals surface area contributed by atoms with Crippen molar-refractivity contribution in [2.45, 2.75) is 63.4 Å². The van der Waals surface area contributed by atoms with Gasteiger partial charge in [0.15, 0.2) is 0 Å². The van der Waals surface area contributed by atoms with E-state index in [1.165, 1.54) is 12.8 Å². The molecule has 0 radical (unpaired) electrons. The highest BCUT2D eigenvalue weighted by atomic mass is 16.5. The highest BCUT2D eigenvalue weighted by Gasteiger charge is 2.39. The van der Waals surface area contributed by atoms with E-state index in [-0.39, 0.29) is 13.2 Å². The molecule has 0 saturated carbocycles. The second-order valence-electron chi connectivity index (χ2n) is 5.25. The monoisotopic (exact) mass is 288 g/mol. The molecule has 0 aromatic heterocycles. The van der Waals surface area contributed by atoms with E-state index in [1.54, 1.807) is 0 Å². The zero-order chi connectivity index (χ0) is 14.8. The van der Waals surface area contributed by atoms with Crippen molar-refractivity contribution in [3.05, 3.63) is 12.2 Å². The number of hydrogen-bond acceptors (Lipinski definition) is 5. The van der Waals surface area contributed by atoms with Gasteiger partial charge in [0.2, 0.25) is 0 Å². The molecule has 0 aromatic carbocycles. The highest BCUT2D eigenvalue weighted by molar-refractivity contribution is 4.87. The summed E-state index contributed by atoms with van der Waals surface area (Å²) < 4.78 is 10.5. The molecule has 0 unspecified atom stereocenters.